The predicted octanol–water partition coefficient (Wildman–Crippen LogP) is 5.02. The van der Waals surface area contributed by atoms with Crippen molar-refractivity contribution in [1.29, 1.82) is 0 Å². The molecular weight excluding hydrogens is 258 g/mol. The molecule has 0 unspecified atom stereocenters. The zero-order chi connectivity index (χ0) is 14.5. The maximum absolute atomic E-state index is 5.23. The fourth-order valence-corrected chi connectivity index (χ4v) is 2.40. The molecule has 0 amide bonds. The van der Waals surface area contributed by atoms with Gasteiger partial charge in [-0.1, -0.05) is 42.5 Å². The van der Waals surface area contributed by atoms with Gasteiger partial charge in [-0.3, -0.25) is 0 Å². The molecule has 1 N–H and O–H groups in total. The maximum atomic E-state index is 5.23. The van der Waals surface area contributed by atoms with Crippen LogP contribution in [-0.4, -0.2) is 12.1 Å². The van der Waals surface area contributed by atoms with Crippen molar-refractivity contribution < 1.29 is 4.74 Å². The van der Waals surface area contributed by atoms with E-state index in [0.717, 1.165) is 5.75 Å². The number of fused-ring (bicyclic) bond motifs is 3. The summed E-state index contributed by atoms with van der Waals surface area (Å²) in [5, 5.41) is 5.07. The van der Waals surface area contributed by atoms with Gasteiger partial charge in [0.2, 0.25) is 0 Å². The number of hydrogen-bond acceptors (Lipinski definition) is 1. The third-order valence-corrected chi connectivity index (χ3v) is 3.45. The third-order valence-electron chi connectivity index (χ3n) is 3.45. The average molecular weight is 275 g/mol. The van der Waals surface area contributed by atoms with Crippen molar-refractivity contribution in [2.24, 2.45) is 0 Å². The second-order valence-electron chi connectivity index (χ2n) is 4.76. The second-order valence-corrected chi connectivity index (χ2v) is 4.76. The Labute approximate surface area is 124 Å². The van der Waals surface area contributed by atoms with Crippen molar-refractivity contribution >= 4 is 21.5 Å². The van der Waals surface area contributed by atoms with E-state index in [1.54, 1.807) is 7.11 Å². The van der Waals surface area contributed by atoms with Gasteiger partial charge in [-0.25, -0.2) is 0 Å². The Morgan fingerprint density at radius 1 is 0.714 bits per heavy atom. The summed E-state index contributed by atoms with van der Waals surface area (Å²) in [7, 11) is 1.70. The van der Waals surface area contributed by atoms with Crippen LogP contribution in [0.2, 0.25) is 0 Å². The van der Waals surface area contributed by atoms with Crippen molar-refractivity contribution in [2.45, 2.75) is 0 Å². The van der Waals surface area contributed by atoms with E-state index in [1.807, 2.05) is 30.6 Å². The lowest BCUT2D eigenvalue weighted by atomic mass is 10.0. The van der Waals surface area contributed by atoms with Crippen molar-refractivity contribution in [3.63, 3.8) is 0 Å². The van der Waals surface area contributed by atoms with Gasteiger partial charge >= 0.3 is 0 Å². The van der Waals surface area contributed by atoms with Gasteiger partial charge in [0.05, 0.1) is 7.11 Å². The Balaban J connectivity index is 0.000000225. The lowest BCUT2D eigenvalue weighted by Crippen LogP contribution is -1.83. The van der Waals surface area contributed by atoms with Crippen LogP contribution in [0.15, 0.2) is 79.1 Å². The van der Waals surface area contributed by atoms with Crippen LogP contribution in [0.25, 0.3) is 21.5 Å². The number of aromatic nitrogens is 1. The van der Waals surface area contributed by atoms with Crippen LogP contribution in [0.1, 0.15) is 0 Å². The maximum Gasteiger partial charge on any atom is 0.119 e. The van der Waals surface area contributed by atoms with Crippen molar-refractivity contribution in [3.8, 4) is 5.75 Å². The van der Waals surface area contributed by atoms with Crippen LogP contribution in [0.4, 0.5) is 0 Å². The van der Waals surface area contributed by atoms with Crippen LogP contribution in [0, 0.1) is 0 Å². The van der Waals surface area contributed by atoms with Gasteiger partial charge in [-0.15, -0.1) is 0 Å². The standard InChI is InChI=1S/C15H12O.C4H5N/c1-16-13-8-9-15-12(10-13)7-6-11-4-2-3-5-14(11)15;1-2-4-5-3-1/h2-10H,1H3;1-5H. The number of rotatable bonds is 1. The van der Waals surface area contributed by atoms with Gasteiger partial charge in [-0.2, -0.15) is 0 Å². The van der Waals surface area contributed by atoms with Gasteiger partial charge in [0.1, 0.15) is 5.75 Å². The molecule has 2 nitrogen and oxygen atoms in total. The quantitative estimate of drug-likeness (QED) is 0.485. The minimum Gasteiger partial charge on any atom is -0.497 e. The lowest BCUT2D eigenvalue weighted by Gasteiger charge is -2.05. The number of aromatic amines is 1. The molecular formula is C19H17NO. The molecule has 3 aromatic carbocycles. The molecule has 0 bridgehead atoms. The summed E-state index contributed by atoms with van der Waals surface area (Å²) >= 11 is 0. The Morgan fingerprint density at radius 2 is 1.43 bits per heavy atom. The summed E-state index contributed by atoms with van der Waals surface area (Å²) in [5.41, 5.74) is 0. The summed E-state index contributed by atoms with van der Waals surface area (Å²) in [6.45, 7) is 0. The van der Waals surface area contributed by atoms with Gasteiger partial charge in [0.15, 0.2) is 0 Å². The SMILES string of the molecule is COc1ccc2c(ccc3ccccc32)c1.c1cc[nH]c1. The molecule has 0 radical (unpaired) electrons. The molecule has 0 atom stereocenters. The first-order valence-electron chi connectivity index (χ1n) is 6.92. The normalized spacial score (nSPS) is 10.1. The Hall–Kier alpha value is -2.74. The molecule has 21 heavy (non-hydrogen) atoms. The molecule has 2 heteroatoms. The van der Waals surface area contributed by atoms with Gasteiger partial charge in [-0.05, 0) is 45.8 Å². The highest BCUT2D eigenvalue weighted by Crippen LogP contribution is 2.27. The summed E-state index contributed by atoms with van der Waals surface area (Å²) in [5.74, 6) is 0.905. The molecule has 0 saturated carbocycles. The molecule has 1 aromatic heterocycles. The molecule has 1 heterocycles. The van der Waals surface area contributed by atoms with Crippen molar-refractivity contribution in [2.75, 3.05) is 7.11 Å². The average Bonchev–Trinajstić information content (AvgIpc) is 3.14. The van der Waals surface area contributed by atoms with Gasteiger partial charge in [0.25, 0.3) is 0 Å². The topological polar surface area (TPSA) is 25.0 Å². The highest BCUT2D eigenvalue weighted by Gasteiger charge is 2.00. The monoisotopic (exact) mass is 275 g/mol. The number of hydrogen-bond donors (Lipinski definition) is 1. The molecule has 0 aliphatic rings. The van der Waals surface area contributed by atoms with Gasteiger partial charge in [0, 0.05) is 12.4 Å². The zero-order valence-electron chi connectivity index (χ0n) is 11.9. The summed E-state index contributed by atoms with van der Waals surface area (Å²) in [6.07, 6.45) is 3.75. The molecule has 104 valence electrons. The first-order chi connectivity index (χ1) is 10.4. The highest BCUT2D eigenvalue weighted by atomic mass is 16.5. The predicted molar refractivity (Wildman–Crippen MR) is 88.8 cm³/mol. The smallest absolute Gasteiger partial charge is 0.119 e. The highest BCUT2D eigenvalue weighted by molar-refractivity contribution is 6.07. The number of nitrogens with one attached hydrogen (secondary N) is 1. The minimum atomic E-state index is 0.905. The van der Waals surface area contributed by atoms with Crippen LogP contribution in [0.5, 0.6) is 5.75 Å². The lowest BCUT2D eigenvalue weighted by molar-refractivity contribution is 0.415. The second kappa shape index (κ2) is 6.14. The van der Waals surface area contributed by atoms with E-state index in [1.165, 1.54) is 21.5 Å². The van der Waals surface area contributed by atoms with E-state index in [9.17, 15) is 0 Å². The fourth-order valence-electron chi connectivity index (χ4n) is 2.40. The van der Waals surface area contributed by atoms with E-state index >= 15 is 0 Å². The van der Waals surface area contributed by atoms with E-state index in [2.05, 4.69) is 53.5 Å². The van der Waals surface area contributed by atoms with Crippen molar-refractivity contribution in [3.05, 3.63) is 79.1 Å². The number of methoxy groups -OCH3 is 1. The molecule has 0 aliphatic carbocycles. The van der Waals surface area contributed by atoms with Crippen LogP contribution in [0.3, 0.4) is 0 Å². The van der Waals surface area contributed by atoms with E-state index < -0.39 is 0 Å². The Bertz CT molecular complexity index is 817. The van der Waals surface area contributed by atoms with E-state index in [-0.39, 0.29) is 0 Å². The molecule has 4 aromatic rings. The molecule has 0 fully saturated rings. The molecule has 4 rings (SSSR count). The molecule has 0 spiro atoms. The fraction of sp³-hybridized carbons (Fsp3) is 0.0526. The van der Waals surface area contributed by atoms with Crippen LogP contribution >= 0.6 is 0 Å². The first-order valence-corrected chi connectivity index (χ1v) is 6.92. The zero-order valence-corrected chi connectivity index (χ0v) is 11.9. The van der Waals surface area contributed by atoms with Crippen LogP contribution in [-0.2, 0) is 0 Å². The Kier molecular flexibility index (Phi) is 3.88. The van der Waals surface area contributed by atoms with Crippen LogP contribution < -0.4 is 4.74 Å². The van der Waals surface area contributed by atoms with E-state index in [0.29, 0.717) is 0 Å². The number of H-pyrrole nitrogens is 1. The van der Waals surface area contributed by atoms with Crippen molar-refractivity contribution in [1.82, 2.24) is 4.98 Å². The first kappa shape index (κ1) is 13.3. The Morgan fingerprint density at radius 3 is 2.14 bits per heavy atom. The third kappa shape index (κ3) is 2.90. The van der Waals surface area contributed by atoms with E-state index in [4.69, 9.17) is 4.74 Å². The molecule has 0 aliphatic heterocycles. The molecule has 0 saturated heterocycles. The minimum absolute atomic E-state index is 0.905. The number of benzene rings is 3. The summed E-state index contributed by atoms with van der Waals surface area (Å²) in [4.78, 5) is 2.86. The van der Waals surface area contributed by atoms with Gasteiger partial charge < -0.3 is 9.72 Å². The summed E-state index contributed by atoms with van der Waals surface area (Å²) in [6, 6.07) is 22.8. The number of ether oxygens (including phenoxy) is 1. The largest absolute Gasteiger partial charge is 0.497 e. The summed E-state index contributed by atoms with van der Waals surface area (Å²) < 4.78 is 5.23.